The second kappa shape index (κ2) is 10.3. The second-order valence-electron chi connectivity index (χ2n) is 8.80. The van der Waals surface area contributed by atoms with Gasteiger partial charge < -0.3 is 19.1 Å². The van der Waals surface area contributed by atoms with Crippen LogP contribution in [0, 0.1) is 0 Å². The number of alkyl halides is 6. The average Bonchev–Trinajstić information content (AvgIpc) is 2.86. The van der Waals surface area contributed by atoms with Gasteiger partial charge in [-0.1, -0.05) is 12.1 Å². The van der Waals surface area contributed by atoms with Crippen LogP contribution in [0.1, 0.15) is 25.0 Å². The third-order valence-electron chi connectivity index (χ3n) is 6.17. The van der Waals surface area contributed by atoms with E-state index in [0.717, 1.165) is 34.4 Å². The quantitative estimate of drug-likeness (QED) is 0.392. The van der Waals surface area contributed by atoms with Gasteiger partial charge in [0.1, 0.15) is 23.7 Å². The molecule has 8 nitrogen and oxygen atoms in total. The third-order valence-corrected chi connectivity index (χ3v) is 6.17. The van der Waals surface area contributed by atoms with Crippen LogP contribution in [0.3, 0.4) is 0 Å². The Morgan fingerprint density at radius 2 is 1.08 bits per heavy atom. The summed E-state index contributed by atoms with van der Waals surface area (Å²) < 4.78 is 88.2. The van der Waals surface area contributed by atoms with Crippen molar-refractivity contribution >= 4 is 11.9 Å². The highest BCUT2D eigenvalue weighted by Gasteiger charge is 2.45. The molecule has 2 aromatic carbocycles. The summed E-state index contributed by atoms with van der Waals surface area (Å²) in [5.41, 5.74) is -1.73. The molecule has 4 rings (SSSR count). The Labute approximate surface area is 212 Å². The van der Waals surface area contributed by atoms with E-state index in [4.69, 9.17) is 19.1 Å². The van der Waals surface area contributed by atoms with Gasteiger partial charge in [-0.25, -0.2) is 9.59 Å². The largest absolute Gasteiger partial charge is 0.487 e. The topological polar surface area (TPSA) is 77.5 Å². The van der Waals surface area contributed by atoms with Crippen molar-refractivity contribution in [2.24, 2.45) is 0 Å². The number of hydrogen-bond acceptors (Lipinski definition) is 8. The number of carbonyl (C=O) groups excluding carboxylic acids is 2. The van der Waals surface area contributed by atoms with E-state index in [9.17, 15) is 35.9 Å². The van der Waals surface area contributed by atoms with Gasteiger partial charge in [-0.2, -0.15) is 26.3 Å². The van der Waals surface area contributed by atoms with Crippen LogP contribution in [0.5, 0.6) is 11.5 Å². The summed E-state index contributed by atoms with van der Waals surface area (Å²) in [7, 11) is 0. The summed E-state index contributed by atoms with van der Waals surface area (Å²) in [4.78, 5) is 34.2. The number of rotatable bonds is 6. The first-order valence-electron chi connectivity index (χ1n) is 11.4. The van der Waals surface area contributed by atoms with Crippen molar-refractivity contribution in [2.75, 3.05) is 13.1 Å². The molecule has 2 fully saturated rings. The molecule has 2 aliphatic heterocycles. The maximum absolute atomic E-state index is 12.9. The highest BCUT2D eigenvalue weighted by Crippen LogP contribution is 2.34. The zero-order valence-electron chi connectivity index (χ0n) is 20.0. The Kier molecular flexibility index (Phi) is 7.48. The second-order valence-corrected chi connectivity index (χ2v) is 8.80. The summed E-state index contributed by atoms with van der Waals surface area (Å²) in [6.45, 7) is 3.19. The molecule has 0 amide bonds. The molecule has 0 spiro atoms. The van der Waals surface area contributed by atoms with Crippen molar-refractivity contribution in [1.29, 1.82) is 0 Å². The first kappa shape index (κ1) is 27.5. The molecule has 0 aromatic heterocycles. The molecule has 0 aliphatic carbocycles. The molecule has 4 unspecified atom stereocenters. The zero-order chi connectivity index (χ0) is 27.8. The van der Waals surface area contributed by atoms with Crippen LogP contribution in [0.15, 0.2) is 48.5 Å². The Bertz CT molecular complexity index is 1100. The number of ether oxygens (including phenoxy) is 2. The summed E-state index contributed by atoms with van der Waals surface area (Å²) in [5.74, 6) is -2.67. The minimum atomic E-state index is -4.52. The molecule has 2 heterocycles. The molecule has 2 aromatic rings. The smallest absolute Gasteiger partial charge is 0.438 e. The highest BCUT2D eigenvalue weighted by atomic mass is 19.4. The van der Waals surface area contributed by atoms with Crippen LogP contribution in [-0.2, 0) is 31.6 Å². The minimum Gasteiger partial charge on any atom is -0.487 e. The number of halogens is 6. The minimum absolute atomic E-state index is 0.00343. The van der Waals surface area contributed by atoms with Crippen molar-refractivity contribution in [3.63, 3.8) is 0 Å². The summed E-state index contributed by atoms with van der Waals surface area (Å²) in [6.07, 6.45) is -10.2. The molecule has 2 saturated heterocycles. The van der Waals surface area contributed by atoms with Crippen molar-refractivity contribution in [3.05, 3.63) is 59.7 Å². The summed E-state index contributed by atoms with van der Waals surface area (Å²) in [5, 5.41) is 2.25. The van der Waals surface area contributed by atoms with Gasteiger partial charge in [0.2, 0.25) is 0 Å². The van der Waals surface area contributed by atoms with Crippen LogP contribution in [0.4, 0.5) is 26.3 Å². The van der Waals surface area contributed by atoms with Crippen molar-refractivity contribution in [3.8, 4) is 11.5 Å². The van der Waals surface area contributed by atoms with Crippen LogP contribution in [0.25, 0.3) is 0 Å². The van der Waals surface area contributed by atoms with Crippen molar-refractivity contribution < 1.29 is 55.1 Å². The lowest BCUT2D eigenvalue weighted by molar-refractivity contribution is -0.271. The van der Waals surface area contributed by atoms with E-state index in [-0.39, 0.29) is 24.6 Å². The number of hydroxylamine groups is 4. The van der Waals surface area contributed by atoms with Gasteiger partial charge in [-0.05, 0) is 50.2 Å². The molecule has 38 heavy (non-hydrogen) atoms. The van der Waals surface area contributed by atoms with E-state index < -0.39 is 59.7 Å². The third kappa shape index (κ3) is 6.13. The number of nitrogens with zero attached hydrogens (tertiary/aromatic N) is 2. The molecular formula is C24H22F6N2O6. The maximum Gasteiger partial charge on any atom is 0.438 e. The predicted molar refractivity (Wildman–Crippen MR) is 116 cm³/mol. The molecule has 2 aliphatic rings. The lowest BCUT2D eigenvalue weighted by atomic mass is 10.0. The van der Waals surface area contributed by atoms with E-state index in [0.29, 0.717) is 0 Å². The van der Waals surface area contributed by atoms with Crippen LogP contribution in [-0.4, -0.2) is 59.4 Å². The van der Waals surface area contributed by atoms with E-state index in [2.05, 4.69) is 0 Å². The molecule has 0 saturated carbocycles. The lowest BCUT2D eigenvalue weighted by Crippen LogP contribution is -2.63. The molecule has 14 heteroatoms. The first-order chi connectivity index (χ1) is 17.7. The zero-order valence-corrected chi connectivity index (χ0v) is 20.0. The monoisotopic (exact) mass is 548 g/mol. The summed E-state index contributed by atoms with van der Waals surface area (Å²) >= 11 is 0. The molecular weight excluding hydrogens is 526 g/mol. The normalized spacial score (nSPS) is 24.1. The maximum atomic E-state index is 12.9. The number of carbonyl (C=O) groups is 2. The van der Waals surface area contributed by atoms with Gasteiger partial charge in [0.15, 0.2) is 0 Å². The Balaban J connectivity index is 1.21. The first-order valence-corrected chi connectivity index (χ1v) is 11.4. The van der Waals surface area contributed by atoms with E-state index in [1.54, 1.807) is 13.8 Å². The standard InChI is InChI=1S/C24H22F6N2O6/c1-13-19(35-17-7-3-5-15(9-17)23(25,26)27)11-31(13)37-21(33)22(34)38-32-12-20(14(32)2)36-18-8-4-6-16(10-18)24(28,29)30/h3-10,13-14,19-20H,11-12H2,1-2H3. The fraction of sp³-hybridized carbons (Fsp3) is 0.417. The van der Waals surface area contributed by atoms with Gasteiger partial charge in [0.05, 0.1) is 36.3 Å². The molecule has 0 radical (unpaired) electrons. The van der Waals surface area contributed by atoms with Crippen LogP contribution >= 0.6 is 0 Å². The van der Waals surface area contributed by atoms with Crippen LogP contribution < -0.4 is 9.47 Å². The molecule has 206 valence electrons. The van der Waals surface area contributed by atoms with Gasteiger partial charge in [-0.3, -0.25) is 0 Å². The Morgan fingerprint density at radius 3 is 1.39 bits per heavy atom. The van der Waals surface area contributed by atoms with E-state index in [1.807, 2.05) is 0 Å². The van der Waals surface area contributed by atoms with Gasteiger partial charge in [-0.15, -0.1) is 10.1 Å². The molecule has 4 atom stereocenters. The Morgan fingerprint density at radius 1 is 0.711 bits per heavy atom. The Hall–Kier alpha value is -3.52. The average molecular weight is 548 g/mol. The van der Waals surface area contributed by atoms with E-state index >= 15 is 0 Å². The van der Waals surface area contributed by atoms with Gasteiger partial charge >= 0.3 is 24.3 Å². The van der Waals surface area contributed by atoms with Gasteiger partial charge in [0.25, 0.3) is 0 Å². The molecule has 0 N–H and O–H groups in total. The van der Waals surface area contributed by atoms with Crippen molar-refractivity contribution in [2.45, 2.75) is 50.5 Å². The van der Waals surface area contributed by atoms with Crippen molar-refractivity contribution in [1.82, 2.24) is 10.1 Å². The lowest BCUT2D eigenvalue weighted by Gasteiger charge is -2.44. The fourth-order valence-corrected chi connectivity index (χ4v) is 3.73. The summed E-state index contributed by atoms with van der Waals surface area (Å²) in [6, 6.07) is 7.57. The predicted octanol–water partition coefficient (Wildman–Crippen LogP) is 4.24. The highest BCUT2D eigenvalue weighted by molar-refractivity contribution is 6.29. The van der Waals surface area contributed by atoms with E-state index in [1.165, 1.54) is 24.3 Å². The number of benzene rings is 2. The van der Waals surface area contributed by atoms with Crippen LogP contribution in [0.2, 0.25) is 0 Å². The molecule has 0 bridgehead atoms. The fourth-order valence-electron chi connectivity index (χ4n) is 3.73. The number of hydrogen-bond donors (Lipinski definition) is 0. The van der Waals surface area contributed by atoms with Gasteiger partial charge in [0, 0.05) is 0 Å². The SMILES string of the molecule is CC1C(Oc2cccc(C(F)(F)F)c2)CN1OC(=O)C(=O)ON1CC(Oc2cccc(C(F)(F)F)c2)C1C.